The fraction of sp³-hybridized carbons (Fsp3) is 0.423. The SMILES string of the molecule is COc1ccccc1C(=O)n1nc(C2CCN(S(=O)(=O)N3CCC(O)C3)C2C(F)(F)F)nc1SCc1ccc(F)cc1. The number of aromatic nitrogens is 3. The van der Waals surface area contributed by atoms with E-state index in [-0.39, 0.29) is 54.0 Å². The number of halogens is 4. The normalized spacial score (nSPS) is 22.1. The van der Waals surface area contributed by atoms with E-state index in [0.29, 0.717) is 9.87 Å². The van der Waals surface area contributed by atoms with Crippen LogP contribution >= 0.6 is 11.8 Å². The van der Waals surface area contributed by atoms with Gasteiger partial charge in [0.15, 0.2) is 11.0 Å². The van der Waals surface area contributed by atoms with Crippen LogP contribution in [0.5, 0.6) is 5.75 Å². The van der Waals surface area contributed by atoms with Gasteiger partial charge in [-0.15, -0.1) is 5.10 Å². The van der Waals surface area contributed by atoms with Crippen molar-refractivity contribution in [2.45, 2.75) is 48.0 Å². The molecule has 16 heteroatoms. The first-order valence-corrected chi connectivity index (χ1v) is 15.3. The fourth-order valence-electron chi connectivity index (χ4n) is 5.11. The molecule has 0 amide bonds. The highest BCUT2D eigenvalue weighted by Gasteiger charge is 2.58. The van der Waals surface area contributed by atoms with Gasteiger partial charge in [-0.05, 0) is 42.7 Å². The van der Waals surface area contributed by atoms with Crippen LogP contribution in [-0.2, 0) is 16.0 Å². The number of benzene rings is 2. The topological polar surface area (TPSA) is 118 Å². The number of alkyl halides is 3. The number of hydrogen-bond donors (Lipinski definition) is 1. The van der Waals surface area contributed by atoms with Crippen LogP contribution in [0.4, 0.5) is 17.6 Å². The van der Waals surface area contributed by atoms with E-state index in [0.717, 1.165) is 20.7 Å². The van der Waals surface area contributed by atoms with E-state index >= 15 is 0 Å². The largest absolute Gasteiger partial charge is 0.496 e. The molecule has 0 spiro atoms. The number of carbonyl (C=O) groups is 1. The molecule has 0 aliphatic carbocycles. The Labute approximate surface area is 243 Å². The van der Waals surface area contributed by atoms with Gasteiger partial charge in [0.2, 0.25) is 0 Å². The molecule has 2 aliphatic rings. The highest BCUT2D eigenvalue weighted by molar-refractivity contribution is 7.98. The molecule has 3 unspecified atom stereocenters. The van der Waals surface area contributed by atoms with Crippen LogP contribution in [0.1, 0.15) is 40.5 Å². The second-order valence-corrected chi connectivity index (χ2v) is 12.7. The molecule has 0 radical (unpaired) electrons. The van der Waals surface area contributed by atoms with E-state index in [1.54, 1.807) is 18.2 Å². The molecule has 42 heavy (non-hydrogen) atoms. The van der Waals surface area contributed by atoms with Crippen LogP contribution < -0.4 is 4.74 Å². The number of ether oxygens (including phenoxy) is 1. The van der Waals surface area contributed by atoms with Crippen molar-refractivity contribution in [3.05, 3.63) is 71.3 Å². The molecule has 3 aromatic rings. The summed E-state index contributed by atoms with van der Waals surface area (Å²) < 4.78 is 90.8. The minimum Gasteiger partial charge on any atom is -0.496 e. The minimum absolute atomic E-state index is 0.0184. The number of hydrogen-bond acceptors (Lipinski definition) is 8. The second kappa shape index (κ2) is 11.9. The Bertz CT molecular complexity index is 1550. The van der Waals surface area contributed by atoms with Crippen molar-refractivity contribution in [3.63, 3.8) is 0 Å². The summed E-state index contributed by atoms with van der Waals surface area (Å²) in [5, 5.41) is 14.0. The smallest absolute Gasteiger partial charge is 0.405 e. The second-order valence-electron chi connectivity index (χ2n) is 9.89. The summed E-state index contributed by atoms with van der Waals surface area (Å²) in [5.74, 6) is -2.56. The Morgan fingerprint density at radius 1 is 1.12 bits per heavy atom. The molecular formula is C26H27F4N5O5S2. The summed E-state index contributed by atoms with van der Waals surface area (Å²) >= 11 is 1.01. The molecule has 2 aromatic carbocycles. The van der Waals surface area contributed by atoms with Gasteiger partial charge in [0.05, 0.1) is 18.8 Å². The maximum atomic E-state index is 14.5. The van der Waals surface area contributed by atoms with Gasteiger partial charge in [-0.25, -0.2) is 9.37 Å². The lowest BCUT2D eigenvalue weighted by atomic mass is 10.00. The number of aliphatic hydroxyl groups is 1. The zero-order chi connectivity index (χ0) is 30.2. The third-order valence-electron chi connectivity index (χ3n) is 7.17. The van der Waals surface area contributed by atoms with E-state index in [2.05, 4.69) is 10.1 Å². The van der Waals surface area contributed by atoms with Gasteiger partial charge in [0.25, 0.3) is 16.1 Å². The van der Waals surface area contributed by atoms with Crippen LogP contribution in [0.25, 0.3) is 0 Å². The van der Waals surface area contributed by atoms with Gasteiger partial charge in [0.1, 0.15) is 17.6 Å². The summed E-state index contributed by atoms with van der Waals surface area (Å²) in [7, 11) is -3.20. The molecule has 2 saturated heterocycles. The van der Waals surface area contributed by atoms with Crippen LogP contribution in [0.3, 0.4) is 0 Å². The van der Waals surface area contributed by atoms with Crippen molar-refractivity contribution >= 4 is 27.9 Å². The maximum Gasteiger partial charge on any atom is 0.405 e. The van der Waals surface area contributed by atoms with Gasteiger partial charge in [0, 0.05) is 31.3 Å². The molecule has 2 aliphatic heterocycles. The zero-order valence-corrected chi connectivity index (χ0v) is 23.9. The number of aliphatic hydroxyl groups excluding tert-OH is 1. The molecule has 5 rings (SSSR count). The third-order valence-corrected chi connectivity index (χ3v) is 10.2. The molecular weight excluding hydrogens is 602 g/mol. The Morgan fingerprint density at radius 2 is 1.83 bits per heavy atom. The average Bonchev–Trinajstić information content (AvgIpc) is 3.70. The van der Waals surface area contributed by atoms with E-state index in [1.807, 2.05) is 0 Å². The van der Waals surface area contributed by atoms with E-state index in [1.165, 1.54) is 37.4 Å². The zero-order valence-electron chi connectivity index (χ0n) is 22.2. The average molecular weight is 630 g/mol. The quantitative estimate of drug-likeness (QED) is 0.298. The highest BCUT2D eigenvalue weighted by Crippen LogP contribution is 2.44. The molecule has 1 N–H and O–H groups in total. The number of methoxy groups -OCH3 is 1. The van der Waals surface area contributed by atoms with Gasteiger partial charge in [-0.2, -0.15) is 34.9 Å². The van der Waals surface area contributed by atoms with Crippen molar-refractivity contribution in [1.29, 1.82) is 0 Å². The van der Waals surface area contributed by atoms with Gasteiger partial charge in [-0.3, -0.25) is 4.79 Å². The molecule has 0 bridgehead atoms. The molecule has 0 saturated carbocycles. The Morgan fingerprint density at radius 3 is 2.48 bits per heavy atom. The van der Waals surface area contributed by atoms with Crippen LogP contribution in [-0.4, -0.2) is 87.9 Å². The first kappa shape index (κ1) is 30.4. The van der Waals surface area contributed by atoms with Gasteiger partial charge >= 0.3 is 6.18 Å². The summed E-state index contributed by atoms with van der Waals surface area (Å²) in [6.07, 6.45) is -6.05. The number of nitrogens with zero attached hydrogens (tertiary/aromatic N) is 5. The van der Waals surface area contributed by atoms with Crippen LogP contribution in [0.15, 0.2) is 53.7 Å². The lowest BCUT2D eigenvalue weighted by Gasteiger charge is -2.31. The number of para-hydroxylation sites is 1. The molecule has 1 aromatic heterocycles. The summed E-state index contributed by atoms with van der Waals surface area (Å²) in [6, 6.07) is 9.35. The van der Waals surface area contributed by atoms with Crippen molar-refractivity contribution in [2.24, 2.45) is 0 Å². The molecule has 10 nitrogen and oxygen atoms in total. The fourth-order valence-corrected chi connectivity index (χ4v) is 7.89. The number of thioether (sulfide) groups is 1. The van der Waals surface area contributed by atoms with Crippen LogP contribution in [0.2, 0.25) is 0 Å². The van der Waals surface area contributed by atoms with Crippen LogP contribution in [0, 0.1) is 5.82 Å². The maximum absolute atomic E-state index is 14.5. The number of rotatable bonds is 8. The summed E-state index contributed by atoms with van der Waals surface area (Å²) in [6.45, 7) is -0.838. The van der Waals surface area contributed by atoms with E-state index in [9.17, 15) is 35.9 Å². The Kier molecular flexibility index (Phi) is 8.63. The first-order valence-electron chi connectivity index (χ1n) is 12.9. The van der Waals surface area contributed by atoms with Crippen molar-refractivity contribution in [3.8, 4) is 5.75 Å². The van der Waals surface area contributed by atoms with Gasteiger partial charge in [-0.1, -0.05) is 36.0 Å². The number of carbonyl (C=O) groups excluding carboxylic acids is 1. The van der Waals surface area contributed by atoms with Crippen molar-refractivity contribution in [1.82, 2.24) is 23.4 Å². The minimum atomic E-state index is -4.98. The van der Waals surface area contributed by atoms with Crippen molar-refractivity contribution in [2.75, 3.05) is 26.7 Å². The molecule has 2 fully saturated rings. The third kappa shape index (κ3) is 6.04. The van der Waals surface area contributed by atoms with E-state index in [4.69, 9.17) is 4.74 Å². The standard InChI is InChI=1S/C26H27F4N5O5S2/c1-40-21-5-3-2-4-19(21)24(37)35-25(41-15-16-6-8-17(27)9-7-16)31-23(32-35)20-11-13-34(22(20)26(28,29)30)42(38,39)33-12-10-18(36)14-33/h2-9,18,20,22,36H,10-15H2,1H3. The number of β-amino-alcohol motifs (C(OH)–C–C–N with tert-alkyl or cyclic N) is 1. The predicted octanol–water partition coefficient (Wildman–Crippen LogP) is 3.44. The monoisotopic (exact) mass is 629 g/mol. The predicted molar refractivity (Wildman–Crippen MR) is 144 cm³/mol. The molecule has 3 heterocycles. The molecule has 3 atom stereocenters. The Hall–Kier alpha value is -3.05. The lowest BCUT2D eigenvalue weighted by Crippen LogP contribution is -2.51. The molecule has 226 valence electrons. The Balaban J connectivity index is 1.52. The van der Waals surface area contributed by atoms with Gasteiger partial charge < -0.3 is 9.84 Å². The summed E-state index contributed by atoms with van der Waals surface area (Å²) in [4.78, 5) is 17.9. The highest BCUT2D eigenvalue weighted by atomic mass is 32.2. The van der Waals surface area contributed by atoms with Crippen molar-refractivity contribution < 1.29 is 40.6 Å². The lowest BCUT2D eigenvalue weighted by molar-refractivity contribution is -0.169. The first-order chi connectivity index (χ1) is 19.9. The summed E-state index contributed by atoms with van der Waals surface area (Å²) in [5.41, 5.74) is 0.761. The van der Waals surface area contributed by atoms with E-state index < -0.39 is 52.7 Å².